The highest BCUT2D eigenvalue weighted by Gasteiger charge is 2.21. The average molecular weight is 470 g/mol. The lowest BCUT2D eigenvalue weighted by atomic mass is 10.1. The van der Waals surface area contributed by atoms with Crippen LogP contribution in [0.25, 0.3) is 0 Å². The van der Waals surface area contributed by atoms with Gasteiger partial charge in [0.15, 0.2) is 5.78 Å². The number of rotatable bonds is 15. The summed E-state index contributed by atoms with van der Waals surface area (Å²) in [6, 6.07) is 4.53. The molecule has 0 saturated carbocycles. The van der Waals surface area contributed by atoms with Crippen LogP contribution in [0.15, 0.2) is 18.2 Å². The molecule has 0 aromatic heterocycles. The van der Waals surface area contributed by atoms with Crippen molar-refractivity contribution in [3.8, 4) is 5.75 Å². The first-order valence-corrected chi connectivity index (χ1v) is 10.9. The minimum Gasteiger partial charge on any atom is -0.490 e. The summed E-state index contributed by atoms with van der Waals surface area (Å²) >= 11 is 0. The number of nitrogens with zero attached hydrogens (tertiary/aromatic N) is 2. The van der Waals surface area contributed by atoms with Crippen molar-refractivity contribution < 1.29 is 39.5 Å². The number of Topliss-reactive ketones (excluding diaryl/α,β-unsaturated/α-hetero) is 1. The Morgan fingerprint density at radius 3 is 2.42 bits per heavy atom. The number of ether oxygens (including phenoxy) is 1. The zero-order chi connectivity index (χ0) is 25.0. The van der Waals surface area contributed by atoms with E-state index in [9.17, 15) is 19.5 Å². The number of nitrogens with one attached hydrogen (secondary N) is 1. The number of aliphatic hydroxyl groups excluding tert-OH is 1. The predicted molar refractivity (Wildman–Crippen MR) is 119 cm³/mol. The van der Waals surface area contributed by atoms with Crippen molar-refractivity contribution in [2.45, 2.75) is 65.5 Å². The molecule has 1 aromatic carbocycles. The molecule has 0 spiro atoms. The van der Waals surface area contributed by atoms with Gasteiger partial charge in [0, 0.05) is 24.6 Å². The van der Waals surface area contributed by atoms with Crippen LogP contribution in [0.4, 0.5) is 5.69 Å². The summed E-state index contributed by atoms with van der Waals surface area (Å²) < 4.78 is 5.65. The van der Waals surface area contributed by atoms with Crippen LogP contribution in [0.3, 0.4) is 0 Å². The third-order valence-corrected chi connectivity index (χ3v) is 4.64. The minimum absolute atomic E-state index is 0.0179. The monoisotopic (exact) mass is 469 g/mol. The Labute approximate surface area is 193 Å². The summed E-state index contributed by atoms with van der Waals surface area (Å²) in [5.41, 5.74) is 0.757. The molecule has 0 aliphatic carbocycles. The molecule has 11 nitrogen and oxygen atoms in total. The van der Waals surface area contributed by atoms with Crippen LogP contribution < -0.4 is 10.1 Å². The highest BCUT2D eigenvalue weighted by atomic mass is 17.1. The largest absolute Gasteiger partial charge is 0.490 e. The number of benzene rings is 1. The Morgan fingerprint density at radius 1 is 1.15 bits per heavy atom. The van der Waals surface area contributed by atoms with E-state index in [0.717, 1.165) is 0 Å². The number of ketones is 1. The summed E-state index contributed by atoms with van der Waals surface area (Å²) in [5.74, 6) is -0.360. The molecule has 4 N–H and O–H groups in total. The molecule has 0 bridgehead atoms. The van der Waals surface area contributed by atoms with Gasteiger partial charge in [-0.05, 0) is 51.8 Å². The van der Waals surface area contributed by atoms with Gasteiger partial charge in [-0.1, -0.05) is 6.92 Å². The smallest absolute Gasteiger partial charge is 0.224 e. The standard InChI is InChI=1S/C22H35N3O8/c1-5-7-21(28)23-17-9-10-20(19(12-17)16(4)26)32-14-18(27)13-24(15(2)3)22(29)8-6-11-33-25(30)31/h9-10,12,15,18,27,30-31H,5-8,11,13-14H2,1-4H3,(H,23,28). The van der Waals surface area contributed by atoms with Gasteiger partial charge in [-0.2, -0.15) is 0 Å². The van der Waals surface area contributed by atoms with Crippen LogP contribution in [0.5, 0.6) is 5.75 Å². The first kappa shape index (κ1) is 28.5. The molecule has 1 unspecified atom stereocenters. The second-order valence-corrected chi connectivity index (χ2v) is 7.86. The second-order valence-electron chi connectivity index (χ2n) is 7.86. The van der Waals surface area contributed by atoms with Gasteiger partial charge in [0.05, 0.1) is 24.1 Å². The van der Waals surface area contributed by atoms with E-state index >= 15 is 0 Å². The highest BCUT2D eigenvalue weighted by Crippen LogP contribution is 2.24. The van der Waals surface area contributed by atoms with Crippen LogP contribution in [0.2, 0.25) is 0 Å². The number of carbonyl (C=O) groups excluding carboxylic acids is 3. The van der Waals surface area contributed by atoms with Crippen molar-refractivity contribution in [1.29, 1.82) is 0 Å². The molecule has 186 valence electrons. The van der Waals surface area contributed by atoms with Crippen LogP contribution in [0.1, 0.15) is 63.7 Å². The Kier molecular flexibility index (Phi) is 12.6. The number of hydrogen-bond acceptors (Lipinski definition) is 9. The van der Waals surface area contributed by atoms with E-state index < -0.39 is 11.5 Å². The molecule has 0 saturated heterocycles. The topological polar surface area (TPSA) is 149 Å². The maximum Gasteiger partial charge on any atom is 0.224 e. The van der Waals surface area contributed by atoms with E-state index in [0.29, 0.717) is 18.5 Å². The molecular formula is C22H35N3O8. The molecule has 0 fully saturated rings. The average Bonchev–Trinajstić information content (AvgIpc) is 2.73. The fraction of sp³-hybridized carbons (Fsp3) is 0.591. The zero-order valence-corrected chi connectivity index (χ0v) is 19.6. The molecule has 1 atom stereocenters. The molecular weight excluding hydrogens is 434 g/mol. The fourth-order valence-electron chi connectivity index (χ4n) is 3.04. The Balaban J connectivity index is 2.71. The van der Waals surface area contributed by atoms with Gasteiger partial charge in [0.25, 0.3) is 0 Å². The number of carbonyl (C=O) groups is 3. The lowest BCUT2D eigenvalue weighted by Crippen LogP contribution is -2.43. The first-order valence-electron chi connectivity index (χ1n) is 10.9. The van der Waals surface area contributed by atoms with E-state index in [-0.39, 0.29) is 67.6 Å². The lowest BCUT2D eigenvalue weighted by molar-refractivity contribution is -0.492. The molecule has 2 amide bonds. The highest BCUT2D eigenvalue weighted by molar-refractivity contribution is 5.99. The number of amides is 2. The van der Waals surface area contributed by atoms with Gasteiger partial charge < -0.3 is 20.1 Å². The van der Waals surface area contributed by atoms with E-state index in [1.54, 1.807) is 12.1 Å². The van der Waals surface area contributed by atoms with Gasteiger partial charge in [0.1, 0.15) is 18.5 Å². The molecule has 0 radical (unpaired) electrons. The summed E-state index contributed by atoms with van der Waals surface area (Å²) in [5, 5.41) is 29.7. The molecule has 0 aliphatic rings. The Morgan fingerprint density at radius 2 is 1.85 bits per heavy atom. The van der Waals surface area contributed by atoms with Crippen LogP contribution in [-0.2, 0) is 14.4 Å². The van der Waals surface area contributed by atoms with E-state index in [1.807, 2.05) is 20.8 Å². The molecule has 1 rings (SSSR count). The maximum absolute atomic E-state index is 12.5. The van der Waals surface area contributed by atoms with E-state index in [2.05, 4.69) is 10.2 Å². The Hall–Kier alpha value is -2.57. The molecule has 0 heterocycles. The number of anilines is 1. The minimum atomic E-state index is -1.01. The summed E-state index contributed by atoms with van der Waals surface area (Å²) in [6.07, 6.45) is 0.424. The van der Waals surface area contributed by atoms with Crippen molar-refractivity contribution in [3.05, 3.63) is 23.8 Å². The van der Waals surface area contributed by atoms with E-state index in [4.69, 9.17) is 15.2 Å². The van der Waals surface area contributed by atoms with Crippen molar-refractivity contribution in [2.24, 2.45) is 0 Å². The molecule has 11 heteroatoms. The van der Waals surface area contributed by atoms with Crippen molar-refractivity contribution in [2.75, 3.05) is 25.1 Å². The molecule has 0 aliphatic heterocycles. The van der Waals surface area contributed by atoms with Crippen molar-refractivity contribution in [1.82, 2.24) is 10.3 Å². The van der Waals surface area contributed by atoms with Gasteiger partial charge in [0.2, 0.25) is 11.8 Å². The normalized spacial score (nSPS) is 12.0. The van der Waals surface area contributed by atoms with Gasteiger partial charge in [-0.25, -0.2) is 0 Å². The lowest BCUT2D eigenvalue weighted by Gasteiger charge is -2.29. The quantitative estimate of drug-likeness (QED) is 0.172. The second kappa shape index (κ2) is 14.6. The third kappa shape index (κ3) is 10.7. The van der Waals surface area contributed by atoms with E-state index in [1.165, 1.54) is 17.9 Å². The number of hydrogen-bond donors (Lipinski definition) is 4. The fourth-order valence-corrected chi connectivity index (χ4v) is 3.04. The maximum atomic E-state index is 12.5. The summed E-state index contributed by atoms with van der Waals surface area (Å²) in [6.45, 7) is 6.71. The zero-order valence-electron chi connectivity index (χ0n) is 19.6. The van der Waals surface area contributed by atoms with Gasteiger partial charge in [-0.3, -0.25) is 29.6 Å². The van der Waals surface area contributed by atoms with Gasteiger partial charge >= 0.3 is 0 Å². The molecule has 1 aromatic rings. The SMILES string of the molecule is CCCC(=O)Nc1ccc(OCC(O)CN(C(=O)CCCON(O)O)C(C)C)c(C(C)=O)c1. The third-order valence-electron chi connectivity index (χ3n) is 4.64. The number of aliphatic hydroxyl groups is 1. The summed E-state index contributed by atoms with van der Waals surface area (Å²) in [4.78, 5) is 42.2. The van der Waals surface area contributed by atoms with Crippen LogP contribution in [-0.4, -0.2) is 75.3 Å². The van der Waals surface area contributed by atoms with Crippen molar-refractivity contribution in [3.63, 3.8) is 0 Å². The summed E-state index contributed by atoms with van der Waals surface area (Å²) in [7, 11) is 0. The Bertz CT molecular complexity index is 785. The van der Waals surface area contributed by atoms with Crippen molar-refractivity contribution >= 4 is 23.3 Å². The van der Waals surface area contributed by atoms with Crippen LogP contribution in [0, 0.1) is 0 Å². The van der Waals surface area contributed by atoms with Crippen LogP contribution >= 0.6 is 0 Å². The van der Waals surface area contributed by atoms with Gasteiger partial charge in [-0.15, -0.1) is 0 Å². The first-order chi connectivity index (χ1) is 15.5. The predicted octanol–water partition coefficient (Wildman–Crippen LogP) is 2.40. The molecule has 33 heavy (non-hydrogen) atoms.